The molecule has 4 nitrogen and oxygen atoms in total. The van der Waals surface area contributed by atoms with Gasteiger partial charge in [0.2, 0.25) is 5.91 Å². The van der Waals surface area contributed by atoms with Crippen LogP contribution in [0.4, 0.5) is 5.69 Å². The van der Waals surface area contributed by atoms with Crippen molar-refractivity contribution in [3.8, 4) is 5.75 Å². The maximum atomic E-state index is 12.0. The fourth-order valence-corrected chi connectivity index (χ4v) is 2.07. The van der Waals surface area contributed by atoms with Crippen molar-refractivity contribution < 1.29 is 9.90 Å². The van der Waals surface area contributed by atoms with Crippen LogP contribution in [0, 0.1) is 12.8 Å². The zero-order chi connectivity index (χ0) is 12.3. The number of phenols is 1. The molecule has 0 bridgehead atoms. The molecule has 0 unspecified atom stereocenters. The van der Waals surface area contributed by atoms with Gasteiger partial charge in [0.05, 0.1) is 11.6 Å². The molecule has 0 spiro atoms. The van der Waals surface area contributed by atoms with Crippen LogP contribution in [0.3, 0.4) is 0 Å². The molecule has 1 atom stereocenters. The molecule has 1 fully saturated rings. The minimum absolute atomic E-state index is 0.00339. The second-order valence-electron chi connectivity index (χ2n) is 4.50. The summed E-state index contributed by atoms with van der Waals surface area (Å²) in [5.41, 5.74) is 1.27. The Morgan fingerprint density at radius 3 is 3.06 bits per heavy atom. The van der Waals surface area contributed by atoms with Gasteiger partial charge in [-0.25, -0.2) is 0 Å². The second kappa shape index (κ2) is 5.19. The van der Waals surface area contributed by atoms with E-state index in [-0.39, 0.29) is 17.6 Å². The van der Waals surface area contributed by atoms with E-state index in [0.717, 1.165) is 31.5 Å². The van der Waals surface area contributed by atoms with Gasteiger partial charge < -0.3 is 15.7 Å². The third-order valence-corrected chi connectivity index (χ3v) is 3.16. The molecule has 17 heavy (non-hydrogen) atoms. The standard InChI is InChI=1S/C13H18N2O2/c1-9-4-2-6-11(12(9)16)15-13(17)10-5-3-7-14-8-10/h2,4,6,10,14,16H,3,5,7-8H2,1H3,(H,15,17)/t10-/m0/s1. The molecule has 0 aromatic heterocycles. The van der Waals surface area contributed by atoms with E-state index in [9.17, 15) is 9.90 Å². The van der Waals surface area contributed by atoms with E-state index in [0.29, 0.717) is 5.69 Å². The first-order valence-corrected chi connectivity index (χ1v) is 5.98. The van der Waals surface area contributed by atoms with Crippen molar-refractivity contribution in [2.75, 3.05) is 18.4 Å². The number of carbonyl (C=O) groups excluding carboxylic acids is 1. The van der Waals surface area contributed by atoms with Crippen LogP contribution in [-0.4, -0.2) is 24.1 Å². The summed E-state index contributed by atoms with van der Waals surface area (Å²) in [7, 11) is 0. The maximum absolute atomic E-state index is 12.0. The number of anilines is 1. The number of piperidine rings is 1. The minimum Gasteiger partial charge on any atom is -0.505 e. The summed E-state index contributed by atoms with van der Waals surface area (Å²) in [6.45, 7) is 3.52. The summed E-state index contributed by atoms with van der Waals surface area (Å²) in [5, 5.41) is 15.8. The average molecular weight is 234 g/mol. The number of rotatable bonds is 2. The number of aryl methyl sites for hydroxylation is 1. The molecular formula is C13H18N2O2. The van der Waals surface area contributed by atoms with E-state index in [4.69, 9.17) is 0 Å². The van der Waals surface area contributed by atoms with Crippen molar-refractivity contribution >= 4 is 11.6 Å². The van der Waals surface area contributed by atoms with Gasteiger partial charge in [-0.3, -0.25) is 4.79 Å². The Morgan fingerprint density at radius 1 is 1.53 bits per heavy atom. The Bertz CT molecular complexity index is 412. The SMILES string of the molecule is Cc1cccc(NC(=O)[C@H]2CCCNC2)c1O. The molecule has 92 valence electrons. The number of amides is 1. The topological polar surface area (TPSA) is 61.4 Å². The third-order valence-electron chi connectivity index (χ3n) is 3.16. The minimum atomic E-state index is -0.0156. The fraction of sp³-hybridized carbons (Fsp3) is 0.462. The smallest absolute Gasteiger partial charge is 0.228 e. The molecule has 0 saturated carbocycles. The Kier molecular flexibility index (Phi) is 3.64. The van der Waals surface area contributed by atoms with Gasteiger partial charge in [0, 0.05) is 6.54 Å². The van der Waals surface area contributed by atoms with Crippen LogP contribution in [0.2, 0.25) is 0 Å². The van der Waals surface area contributed by atoms with Gasteiger partial charge in [0.15, 0.2) is 0 Å². The van der Waals surface area contributed by atoms with E-state index in [1.807, 2.05) is 19.1 Å². The number of para-hydroxylation sites is 1. The lowest BCUT2D eigenvalue weighted by Crippen LogP contribution is -2.37. The number of phenolic OH excluding ortho intramolecular Hbond substituents is 1. The molecule has 1 amide bonds. The number of hydrogen-bond acceptors (Lipinski definition) is 3. The molecule has 4 heteroatoms. The average Bonchev–Trinajstić information content (AvgIpc) is 2.36. The first-order valence-electron chi connectivity index (χ1n) is 5.98. The molecule has 1 heterocycles. The number of benzene rings is 1. The Morgan fingerprint density at radius 2 is 2.35 bits per heavy atom. The highest BCUT2D eigenvalue weighted by atomic mass is 16.3. The van der Waals surface area contributed by atoms with Gasteiger partial charge in [-0.1, -0.05) is 12.1 Å². The van der Waals surface area contributed by atoms with Crippen molar-refractivity contribution in [2.24, 2.45) is 5.92 Å². The summed E-state index contributed by atoms with van der Waals surface area (Å²) < 4.78 is 0. The summed E-state index contributed by atoms with van der Waals surface area (Å²) in [6.07, 6.45) is 1.93. The lowest BCUT2D eigenvalue weighted by atomic mass is 9.98. The van der Waals surface area contributed by atoms with Crippen molar-refractivity contribution in [3.63, 3.8) is 0 Å². The summed E-state index contributed by atoms with van der Waals surface area (Å²) in [6, 6.07) is 5.35. The molecule has 2 rings (SSSR count). The van der Waals surface area contributed by atoms with Gasteiger partial charge in [-0.2, -0.15) is 0 Å². The highest BCUT2D eigenvalue weighted by molar-refractivity contribution is 5.94. The molecule has 1 saturated heterocycles. The number of aromatic hydroxyl groups is 1. The largest absolute Gasteiger partial charge is 0.505 e. The zero-order valence-corrected chi connectivity index (χ0v) is 9.99. The van der Waals surface area contributed by atoms with Gasteiger partial charge >= 0.3 is 0 Å². The number of hydrogen-bond donors (Lipinski definition) is 3. The summed E-state index contributed by atoms with van der Waals surface area (Å²) in [4.78, 5) is 12.0. The van der Waals surface area contributed by atoms with Crippen LogP contribution >= 0.6 is 0 Å². The van der Waals surface area contributed by atoms with E-state index in [1.54, 1.807) is 6.07 Å². The van der Waals surface area contributed by atoms with Gasteiger partial charge in [0.1, 0.15) is 5.75 Å². The molecule has 0 aliphatic carbocycles. The highest BCUT2D eigenvalue weighted by Crippen LogP contribution is 2.27. The first kappa shape index (κ1) is 11.9. The van der Waals surface area contributed by atoms with Gasteiger partial charge in [0.25, 0.3) is 0 Å². The Labute approximate surface area is 101 Å². The molecule has 3 N–H and O–H groups in total. The molecule has 1 aliphatic rings. The fourth-order valence-electron chi connectivity index (χ4n) is 2.07. The van der Waals surface area contributed by atoms with Crippen LogP contribution in [0.1, 0.15) is 18.4 Å². The van der Waals surface area contributed by atoms with E-state index in [2.05, 4.69) is 10.6 Å². The number of carbonyl (C=O) groups is 1. The first-order chi connectivity index (χ1) is 8.18. The predicted octanol–water partition coefficient (Wildman–Crippen LogP) is 1.64. The van der Waals surface area contributed by atoms with Crippen LogP contribution in [-0.2, 0) is 4.79 Å². The molecular weight excluding hydrogens is 216 g/mol. The second-order valence-corrected chi connectivity index (χ2v) is 4.50. The van der Waals surface area contributed by atoms with Crippen LogP contribution in [0.5, 0.6) is 5.75 Å². The van der Waals surface area contributed by atoms with Gasteiger partial charge in [-0.15, -0.1) is 0 Å². The van der Waals surface area contributed by atoms with E-state index < -0.39 is 0 Å². The van der Waals surface area contributed by atoms with E-state index >= 15 is 0 Å². The normalized spacial score (nSPS) is 19.9. The molecule has 1 aromatic carbocycles. The van der Waals surface area contributed by atoms with Crippen molar-refractivity contribution in [1.82, 2.24) is 5.32 Å². The van der Waals surface area contributed by atoms with Gasteiger partial charge in [-0.05, 0) is 37.9 Å². The van der Waals surface area contributed by atoms with Crippen molar-refractivity contribution in [2.45, 2.75) is 19.8 Å². The number of nitrogens with one attached hydrogen (secondary N) is 2. The van der Waals surface area contributed by atoms with Crippen LogP contribution < -0.4 is 10.6 Å². The van der Waals surface area contributed by atoms with Crippen molar-refractivity contribution in [3.05, 3.63) is 23.8 Å². The maximum Gasteiger partial charge on any atom is 0.228 e. The van der Waals surface area contributed by atoms with Crippen LogP contribution in [0.15, 0.2) is 18.2 Å². The summed E-state index contributed by atoms with van der Waals surface area (Å²) >= 11 is 0. The molecule has 1 aliphatic heterocycles. The van der Waals surface area contributed by atoms with Crippen molar-refractivity contribution in [1.29, 1.82) is 0 Å². The Hall–Kier alpha value is -1.55. The summed E-state index contributed by atoms with van der Waals surface area (Å²) in [5.74, 6) is 0.145. The van der Waals surface area contributed by atoms with Crippen LogP contribution in [0.25, 0.3) is 0 Å². The Balaban J connectivity index is 2.04. The molecule has 0 radical (unpaired) electrons. The predicted molar refractivity (Wildman–Crippen MR) is 67.1 cm³/mol. The molecule has 1 aromatic rings. The zero-order valence-electron chi connectivity index (χ0n) is 9.99. The monoisotopic (exact) mass is 234 g/mol. The highest BCUT2D eigenvalue weighted by Gasteiger charge is 2.21. The quantitative estimate of drug-likeness (QED) is 0.682. The third kappa shape index (κ3) is 2.77. The lowest BCUT2D eigenvalue weighted by molar-refractivity contribution is -0.120. The van der Waals surface area contributed by atoms with E-state index in [1.165, 1.54) is 0 Å². The lowest BCUT2D eigenvalue weighted by Gasteiger charge is -2.22.